The predicted octanol–water partition coefficient (Wildman–Crippen LogP) is 5.16. The van der Waals surface area contributed by atoms with Crippen molar-refractivity contribution in [3.05, 3.63) is 82.7 Å². The van der Waals surface area contributed by atoms with Crippen LogP contribution in [0.4, 0.5) is 9.18 Å². The highest BCUT2D eigenvalue weighted by atomic mass is 19.1. The number of hydrogen-bond acceptors (Lipinski definition) is 5. The molecule has 0 radical (unpaired) electrons. The van der Waals surface area contributed by atoms with Crippen molar-refractivity contribution in [2.45, 2.75) is 46.1 Å². The Hall–Kier alpha value is -3.81. The van der Waals surface area contributed by atoms with Gasteiger partial charge in [-0.15, -0.1) is 0 Å². The van der Waals surface area contributed by atoms with Crippen LogP contribution in [0.3, 0.4) is 0 Å². The zero-order valence-electron chi connectivity index (χ0n) is 20.9. The molecule has 1 aromatic carbocycles. The molecule has 0 spiro atoms. The number of likely N-dealkylation sites (tertiary alicyclic amines) is 1. The van der Waals surface area contributed by atoms with Crippen LogP contribution < -0.4 is 0 Å². The van der Waals surface area contributed by atoms with Crippen LogP contribution in [0.1, 0.15) is 54.5 Å². The molecule has 3 aromatic rings. The highest BCUT2D eigenvalue weighted by Gasteiger charge is 2.50. The van der Waals surface area contributed by atoms with Gasteiger partial charge in [-0.1, -0.05) is 11.6 Å². The number of fused-ring (bicyclic) bond motifs is 2. The van der Waals surface area contributed by atoms with Crippen LogP contribution in [0.5, 0.6) is 0 Å². The molecule has 3 heterocycles. The van der Waals surface area contributed by atoms with Crippen LogP contribution in [-0.2, 0) is 11.2 Å². The third-order valence-corrected chi connectivity index (χ3v) is 6.72. The van der Waals surface area contributed by atoms with Gasteiger partial charge in [-0.2, -0.15) is 5.10 Å². The van der Waals surface area contributed by atoms with Crippen LogP contribution in [0.15, 0.2) is 54.4 Å². The van der Waals surface area contributed by atoms with Crippen molar-refractivity contribution in [3.8, 4) is 5.69 Å². The molecule has 7 nitrogen and oxygen atoms in total. The molecule has 0 saturated carbocycles. The fourth-order valence-corrected chi connectivity index (χ4v) is 4.97. The van der Waals surface area contributed by atoms with Gasteiger partial charge in [0.05, 0.1) is 23.0 Å². The van der Waals surface area contributed by atoms with Crippen molar-refractivity contribution in [1.82, 2.24) is 19.7 Å². The molecule has 0 N–H and O–H groups in total. The quantitative estimate of drug-likeness (QED) is 0.476. The molecule has 8 heteroatoms. The van der Waals surface area contributed by atoms with Gasteiger partial charge in [-0.25, -0.2) is 13.9 Å². The number of pyridine rings is 1. The standard InChI is InChI=1S/C28H29FN4O3/c1-18-5-10-23(30-15-18)25(34)28-14-19-16-31-33(22-8-6-21(29)7-9-22)24(19)13-20(28)11-12-32(17-28)26(35)36-27(2,3)4/h5-10,13,15-16H,11-12,14,17H2,1-4H3/t28-/m0/s1. The lowest BCUT2D eigenvalue weighted by Gasteiger charge is -2.45. The average molecular weight is 489 g/mol. The largest absolute Gasteiger partial charge is 0.444 e. The topological polar surface area (TPSA) is 77.3 Å². The Morgan fingerprint density at radius 1 is 1.08 bits per heavy atom. The Morgan fingerprint density at radius 2 is 1.83 bits per heavy atom. The Bertz CT molecular complexity index is 1350. The Labute approximate surface area is 209 Å². The number of nitrogens with zero attached hydrogens (tertiary/aromatic N) is 4. The number of carbonyl (C=O) groups is 2. The van der Waals surface area contributed by atoms with Crippen LogP contribution in [0.25, 0.3) is 11.8 Å². The number of hydrogen-bond donors (Lipinski definition) is 0. The highest BCUT2D eigenvalue weighted by molar-refractivity contribution is 6.03. The highest BCUT2D eigenvalue weighted by Crippen LogP contribution is 2.46. The molecule has 1 fully saturated rings. The molecule has 2 aliphatic rings. The van der Waals surface area contributed by atoms with E-state index >= 15 is 0 Å². The Balaban J connectivity index is 1.57. The number of amides is 1. The molecule has 1 atom stereocenters. The summed E-state index contributed by atoms with van der Waals surface area (Å²) in [5.74, 6) is -0.440. The van der Waals surface area contributed by atoms with E-state index in [1.54, 1.807) is 40.2 Å². The molecule has 0 bridgehead atoms. The van der Waals surface area contributed by atoms with E-state index in [4.69, 9.17) is 4.74 Å². The predicted molar refractivity (Wildman–Crippen MR) is 133 cm³/mol. The van der Waals surface area contributed by atoms with E-state index in [1.165, 1.54) is 12.1 Å². The monoisotopic (exact) mass is 488 g/mol. The number of benzene rings is 1. The summed E-state index contributed by atoms with van der Waals surface area (Å²) in [6.45, 7) is 8.04. The number of ether oxygens (including phenoxy) is 1. The summed E-state index contributed by atoms with van der Waals surface area (Å²) in [6, 6.07) is 9.76. The number of halogens is 1. The smallest absolute Gasteiger partial charge is 0.410 e. The fraction of sp³-hybridized carbons (Fsp3) is 0.357. The molecule has 1 aliphatic carbocycles. The van der Waals surface area contributed by atoms with Gasteiger partial charge in [0, 0.05) is 19.3 Å². The normalized spacial score (nSPS) is 19.2. The van der Waals surface area contributed by atoms with Crippen LogP contribution in [-0.4, -0.2) is 50.2 Å². The van der Waals surface area contributed by atoms with Gasteiger partial charge in [-0.05, 0) is 88.1 Å². The number of rotatable bonds is 3. The summed E-state index contributed by atoms with van der Waals surface area (Å²) >= 11 is 0. The van der Waals surface area contributed by atoms with E-state index in [2.05, 4.69) is 10.1 Å². The van der Waals surface area contributed by atoms with Crippen molar-refractivity contribution < 1.29 is 18.7 Å². The molecule has 1 aliphatic heterocycles. The Kier molecular flexibility index (Phi) is 5.77. The number of carbonyl (C=O) groups excluding carboxylic acids is 2. The van der Waals surface area contributed by atoms with E-state index in [0.717, 1.165) is 28.1 Å². The lowest BCUT2D eigenvalue weighted by Crippen LogP contribution is -2.54. The fourth-order valence-electron chi connectivity index (χ4n) is 4.97. The van der Waals surface area contributed by atoms with Gasteiger partial charge in [0.15, 0.2) is 5.78 Å². The van der Waals surface area contributed by atoms with E-state index in [0.29, 0.717) is 25.1 Å². The van der Waals surface area contributed by atoms with Crippen LogP contribution in [0, 0.1) is 18.2 Å². The summed E-state index contributed by atoms with van der Waals surface area (Å²) in [5.41, 5.74) is 3.14. The number of aromatic nitrogens is 3. The maximum absolute atomic E-state index is 14.1. The van der Waals surface area contributed by atoms with Gasteiger partial charge < -0.3 is 9.64 Å². The second-order valence-electron chi connectivity index (χ2n) is 10.6. The summed E-state index contributed by atoms with van der Waals surface area (Å²) < 4.78 is 20.9. The zero-order valence-corrected chi connectivity index (χ0v) is 20.9. The minimum atomic E-state index is -0.971. The van der Waals surface area contributed by atoms with Crippen molar-refractivity contribution >= 4 is 18.0 Å². The van der Waals surface area contributed by atoms with Crippen molar-refractivity contribution in [2.24, 2.45) is 5.41 Å². The molecule has 186 valence electrons. The average Bonchev–Trinajstić information content (AvgIpc) is 3.24. The molecule has 36 heavy (non-hydrogen) atoms. The molecule has 1 saturated heterocycles. The summed E-state index contributed by atoms with van der Waals surface area (Å²) in [7, 11) is 0. The number of aryl methyl sites for hydroxylation is 1. The SMILES string of the molecule is Cc1ccc(C(=O)[C@]23Cc4cnn(-c5ccc(F)cc5)c4C=C2CCN(C(=O)OC(C)(C)C)C3)nc1. The van der Waals surface area contributed by atoms with Gasteiger partial charge in [0.2, 0.25) is 0 Å². The maximum Gasteiger partial charge on any atom is 0.410 e. The van der Waals surface area contributed by atoms with Gasteiger partial charge in [0.1, 0.15) is 17.1 Å². The number of Topliss-reactive ketones (excluding diaryl/α,β-unsaturated/α-hetero) is 1. The first-order valence-corrected chi connectivity index (χ1v) is 12.0. The molecule has 5 rings (SSSR count). The third-order valence-electron chi connectivity index (χ3n) is 6.72. The number of piperidine rings is 1. The zero-order chi connectivity index (χ0) is 25.7. The number of ketones is 1. The summed E-state index contributed by atoms with van der Waals surface area (Å²) in [4.78, 5) is 33.1. The lowest BCUT2D eigenvalue weighted by molar-refractivity contribution is 0.0138. The second kappa shape index (κ2) is 8.69. The van der Waals surface area contributed by atoms with E-state index in [1.807, 2.05) is 39.8 Å². The molecule has 1 amide bonds. The maximum atomic E-state index is 14.1. The van der Waals surface area contributed by atoms with E-state index in [-0.39, 0.29) is 18.1 Å². The first-order valence-electron chi connectivity index (χ1n) is 12.0. The van der Waals surface area contributed by atoms with Crippen molar-refractivity contribution in [2.75, 3.05) is 13.1 Å². The van der Waals surface area contributed by atoms with Crippen molar-refractivity contribution in [3.63, 3.8) is 0 Å². The van der Waals surface area contributed by atoms with Crippen molar-refractivity contribution in [1.29, 1.82) is 0 Å². The van der Waals surface area contributed by atoms with Gasteiger partial charge in [-0.3, -0.25) is 9.78 Å². The molecular formula is C28H29FN4O3. The first kappa shape index (κ1) is 23.9. The minimum absolute atomic E-state index is 0.123. The summed E-state index contributed by atoms with van der Waals surface area (Å²) in [6.07, 6.45) is 5.90. The second-order valence-corrected chi connectivity index (χ2v) is 10.6. The summed E-state index contributed by atoms with van der Waals surface area (Å²) in [5, 5.41) is 4.55. The minimum Gasteiger partial charge on any atom is -0.444 e. The lowest BCUT2D eigenvalue weighted by atomic mass is 9.65. The first-order chi connectivity index (χ1) is 17.1. The van der Waals surface area contributed by atoms with E-state index in [9.17, 15) is 14.0 Å². The Morgan fingerprint density at radius 3 is 2.50 bits per heavy atom. The van der Waals surface area contributed by atoms with Gasteiger partial charge >= 0.3 is 6.09 Å². The van der Waals surface area contributed by atoms with Crippen LogP contribution >= 0.6 is 0 Å². The molecule has 2 aromatic heterocycles. The molecular weight excluding hydrogens is 459 g/mol. The van der Waals surface area contributed by atoms with E-state index < -0.39 is 17.1 Å². The van der Waals surface area contributed by atoms with Gasteiger partial charge in [0.25, 0.3) is 0 Å². The molecule has 0 unspecified atom stereocenters. The van der Waals surface area contributed by atoms with Crippen LogP contribution in [0.2, 0.25) is 0 Å². The third kappa shape index (κ3) is 4.32.